The van der Waals surface area contributed by atoms with Gasteiger partial charge < -0.3 is 5.32 Å². The maximum Gasteiger partial charge on any atom is 0.228 e. The number of benzene rings is 2. The van der Waals surface area contributed by atoms with Gasteiger partial charge in [-0.25, -0.2) is 4.39 Å². The van der Waals surface area contributed by atoms with Crippen LogP contribution in [0, 0.1) is 18.7 Å². The Bertz CT molecular complexity index is 792. The van der Waals surface area contributed by atoms with Crippen LogP contribution in [-0.4, -0.2) is 23.9 Å². The van der Waals surface area contributed by atoms with Crippen LogP contribution in [0.15, 0.2) is 36.4 Å². The second-order valence-electron chi connectivity index (χ2n) is 6.72. The number of rotatable bonds is 4. The number of hydrogen-bond acceptors (Lipinski definition) is 2. The van der Waals surface area contributed by atoms with Crippen LogP contribution in [0.2, 0.25) is 10.0 Å². The predicted molar refractivity (Wildman–Crippen MR) is 104 cm³/mol. The lowest BCUT2D eigenvalue weighted by atomic mass is 9.96. The molecule has 3 rings (SSSR count). The Kier molecular flexibility index (Phi) is 6.17. The number of likely N-dealkylation sites (tertiary alicyclic amines) is 1. The molecule has 1 atom stereocenters. The Morgan fingerprint density at radius 1 is 1.31 bits per heavy atom. The molecule has 1 aliphatic rings. The molecule has 1 heterocycles. The molecule has 26 heavy (non-hydrogen) atoms. The van der Waals surface area contributed by atoms with E-state index in [1.54, 1.807) is 24.3 Å². The highest BCUT2D eigenvalue weighted by molar-refractivity contribution is 6.31. The van der Waals surface area contributed by atoms with Crippen molar-refractivity contribution in [1.82, 2.24) is 4.90 Å². The van der Waals surface area contributed by atoms with Crippen molar-refractivity contribution in [2.24, 2.45) is 5.92 Å². The number of nitrogens with one attached hydrogen (secondary N) is 1. The summed E-state index contributed by atoms with van der Waals surface area (Å²) in [5.41, 5.74) is 2.19. The third-order valence-corrected chi connectivity index (χ3v) is 5.37. The second-order valence-corrected chi connectivity index (χ2v) is 7.57. The number of carbonyl (C=O) groups excluding carboxylic acids is 1. The van der Waals surface area contributed by atoms with Gasteiger partial charge in [0, 0.05) is 34.4 Å². The summed E-state index contributed by atoms with van der Waals surface area (Å²) >= 11 is 12.2. The number of carbonyl (C=O) groups is 1. The molecule has 138 valence electrons. The van der Waals surface area contributed by atoms with Gasteiger partial charge in [0.05, 0.1) is 5.92 Å². The third-order valence-electron chi connectivity index (χ3n) is 4.78. The lowest BCUT2D eigenvalue weighted by Gasteiger charge is -2.32. The van der Waals surface area contributed by atoms with Gasteiger partial charge in [0.25, 0.3) is 0 Å². The van der Waals surface area contributed by atoms with E-state index >= 15 is 0 Å². The summed E-state index contributed by atoms with van der Waals surface area (Å²) < 4.78 is 14.0. The number of halogens is 3. The summed E-state index contributed by atoms with van der Waals surface area (Å²) in [5.74, 6) is -0.481. The van der Waals surface area contributed by atoms with Crippen molar-refractivity contribution in [3.63, 3.8) is 0 Å². The fourth-order valence-electron chi connectivity index (χ4n) is 3.28. The molecule has 3 nitrogen and oxygen atoms in total. The van der Waals surface area contributed by atoms with E-state index in [1.165, 1.54) is 6.07 Å². The van der Waals surface area contributed by atoms with E-state index in [-0.39, 0.29) is 17.6 Å². The van der Waals surface area contributed by atoms with Gasteiger partial charge >= 0.3 is 0 Å². The largest absolute Gasteiger partial charge is 0.326 e. The summed E-state index contributed by atoms with van der Waals surface area (Å²) in [4.78, 5) is 14.8. The van der Waals surface area contributed by atoms with Crippen molar-refractivity contribution in [2.75, 3.05) is 18.4 Å². The van der Waals surface area contributed by atoms with Gasteiger partial charge in [-0.1, -0.05) is 35.3 Å². The number of amides is 1. The van der Waals surface area contributed by atoms with E-state index in [4.69, 9.17) is 23.2 Å². The first kappa shape index (κ1) is 19.2. The minimum Gasteiger partial charge on any atom is -0.326 e. The molecule has 2 aromatic carbocycles. The van der Waals surface area contributed by atoms with Crippen molar-refractivity contribution >= 4 is 34.8 Å². The van der Waals surface area contributed by atoms with Crippen molar-refractivity contribution in [3.05, 3.63) is 63.4 Å². The molecule has 1 aliphatic heterocycles. The molecule has 0 spiro atoms. The highest BCUT2D eigenvalue weighted by atomic mass is 35.5. The topological polar surface area (TPSA) is 32.3 Å². The first-order valence-corrected chi connectivity index (χ1v) is 9.42. The van der Waals surface area contributed by atoms with Crippen LogP contribution < -0.4 is 5.32 Å². The number of aryl methyl sites for hydroxylation is 1. The highest BCUT2D eigenvalue weighted by Gasteiger charge is 2.27. The zero-order chi connectivity index (χ0) is 18.7. The van der Waals surface area contributed by atoms with Crippen LogP contribution in [0.5, 0.6) is 0 Å². The van der Waals surface area contributed by atoms with E-state index in [9.17, 15) is 9.18 Å². The van der Waals surface area contributed by atoms with Crippen LogP contribution in [-0.2, 0) is 11.3 Å². The summed E-state index contributed by atoms with van der Waals surface area (Å²) in [6.07, 6.45) is 1.70. The maximum atomic E-state index is 14.0. The maximum absolute atomic E-state index is 14.0. The minimum absolute atomic E-state index is 0.0281. The van der Waals surface area contributed by atoms with Gasteiger partial charge in [0.1, 0.15) is 5.82 Å². The summed E-state index contributed by atoms with van der Waals surface area (Å²) in [6.45, 7) is 3.74. The second kappa shape index (κ2) is 8.38. The van der Waals surface area contributed by atoms with Crippen LogP contribution >= 0.6 is 23.2 Å². The Morgan fingerprint density at radius 2 is 2.12 bits per heavy atom. The number of nitrogens with zero attached hydrogens (tertiary/aromatic N) is 1. The minimum atomic E-state index is -0.307. The third kappa shape index (κ3) is 4.56. The fraction of sp³-hybridized carbons (Fsp3) is 0.350. The quantitative estimate of drug-likeness (QED) is 0.763. The fourth-order valence-corrected chi connectivity index (χ4v) is 3.68. The molecule has 0 radical (unpaired) electrons. The summed E-state index contributed by atoms with van der Waals surface area (Å²) in [6, 6.07) is 10.1. The molecular formula is C20H21Cl2FN2O. The van der Waals surface area contributed by atoms with E-state index in [2.05, 4.69) is 10.2 Å². The molecule has 1 amide bonds. The molecule has 2 aromatic rings. The van der Waals surface area contributed by atoms with Gasteiger partial charge in [0.15, 0.2) is 0 Å². The molecule has 6 heteroatoms. The number of hydrogen-bond donors (Lipinski definition) is 1. The highest BCUT2D eigenvalue weighted by Crippen LogP contribution is 2.26. The van der Waals surface area contributed by atoms with Crippen LogP contribution in [0.3, 0.4) is 0 Å². The average molecular weight is 395 g/mol. The van der Waals surface area contributed by atoms with Crippen LogP contribution in [0.4, 0.5) is 10.1 Å². The molecule has 0 aromatic heterocycles. The van der Waals surface area contributed by atoms with Crippen molar-refractivity contribution in [1.29, 1.82) is 0 Å². The SMILES string of the molecule is Cc1ccc(Cl)cc1NC(=O)C1CCCN(Cc2c(F)cccc2Cl)C1. The van der Waals surface area contributed by atoms with Gasteiger partial charge in [0.2, 0.25) is 5.91 Å². The monoisotopic (exact) mass is 394 g/mol. The van der Waals surface area contributed by atoms with Crippen molar-refractivity contribution in [3.8, 4) is 0 Å². The number of anilines is 1. The number of piperidine rings is 1. The first-order chi connectivity index (χ1) is 12.4. The summed E-state index contributed by atoms with van der Waals surface area (Å²) in [7, 11) is 0. The summed E-state index contributed by atoms with van der Waals surface area (Å²) in [5, 5.41) is 3.99. The lowest BCUT2D eigenvalue weighted by Crippen LogP contribution is -2.40. The molecule has 1 saturated heterocycles. The van der Waals surface area contributed by atoms with Crippen LogP contribution in [0.25, 0.3) is 0 Å². The zero-order valence-electron chi connectivity index (χ0n) is 14.6. The Balaban J connectivity index is 1.66. The van der Waals surface area contributed by atoms with E-state index in [0.29, 0.717) is 28.7 Å². The predicted octanol–water partition coefficient (Wildman–Crippen LogP) is 5.29. The molecule has 1 N–H and O–H groups in total. The van der Waals surface area contributed by atoms with Gasteiger partial charge in [-0.15, -0.1) is 0 Å². The van der Waals surface area contributed by atoms with E-state index in [1.807, 2.05) is 13.0 Å². The van der Waals surface area contributed by atoms with Gasteiger partial charge in [-0.2, -0.15) is 0 Å². The van der Waals surface area contributed by atoms with E-state index in [0.717, 1.165) is 30.6 Å². The molecule has 1 unspecified atom stereocenters. The molecular weight excluding hydrogens is 374 g/mol. The first-order valence-electron chi connectivity index (χ1n) is 8.66. The normalized spacial score (nSPS) is 17.9. The van der Waals surface area contributed by atoms with E-state index < -0.39 is 0 Å². The van der Waals surface area contributed by atoms with Gasteiger partial charge in [-0.05, 0) is 56.1 Å². The molecule has 0 bridgehead atoms. The van der Waals surface area contributed by atoms with Crippen molar-refractivity contribution in [2.45, 2.75) is 26.3 Å². The van der Waals surface area contributed by atoms with Gasteiger partial charge in [-0.3, -0.25) is 9.69 Å². The standard InChI is InChI=1S/C20H21Cl2FN2O/c1-13-7-8-15(21)10-19(13)24-20(26)14-4-3-9-25(11-14)12-16-17(22)5-2-6-18(16)23/h2,5-8,10,14H,3-4,9,11-12H2,1H3,(H,24,26). The smallest absolute Gasteiger partial charge is 0.228 e. The molecule has 0 aliphatic carbocycles. The Morgan fingerprint density at radius 3 is 2.88 bits per heavy atom. The average Bonchev–Trinajstić information content (AvgIpc) is 2.62. The van der Waals surface area contributed by atoms with Crippen molar-refractivity contribution < 1.29 is 9.18 Å². The lowest BCUT2D eigenvalue weighted by molar-refractivity contribution is -0.121. The Labute approximate surface area is 163 Å². The molecule has 1 fully saturated rings. The molecule has 0 saturated carbocycles. The zero-order valence-corrected chi connectivity index (χ0v) is 16.1. The van der Waals surface area contributed by atoms with Crippen LogP contribution in [0.1, 0.15) is 24.0 Å². The Hall–Kier alpha value is -1.62.